The van der Waals surface area contributed by atoms with Gasteiger partial charge in [0.05, 0.1) is 6.20 Å². The van der Waals surface area contributed by atoms with Gasteiger partial charge in [-0.3, -0.25) is 0 Å². The molecule has 0 spiro atoms. The van der Waals surface area contributed by atoms with Crippen LogP contribution in [-0.2, 0) is 6.42 Å². The Morgan fingerprint density at radius 2 is 1.83 bits per heavy atom. The van der Waals surface area contributed by atoms with Gasteiger partial charge in [0.25, 0.3) is 0 Å². The smallest absolute Gasteiger partial charge is 0.155 e. The lowest BCUT2D eigenvalue weighted by molar-refractivity contribution is 0.851. The molecule has 7 nitrogen and oxygen atoms in total. The van der Waals surface area contributed by atoms with E-state index >= 15 is 0 Å². The Morgan fingerprint density at radius 3 is 2.53 bits per heavy atom. The molecule has 0 saturated carbocycles. The lowest BCUT2D eigenvalue weighted by Crippen LogP contribution is -2.10. The maximum absolute atomic E-state index is 9.60. The summed E-state index contributed by atoms with van der Waals surface area (Å²) in [5.41, 5.74) is 4.66. The summed E-state index contributed by atoms with van der Waals surface area (Å²) in [6.07, 6.45) is 3.89. The van der Waals surface area contributed by atoms with Crippen molar-refractivity contribution in [3.05, 3.63) is 88.6 Å². The van der Waals surface area contributed by atoms with Crippen molar-refractivity contribution in [2.45, 2.75) is 27.2 Å². The number of benzene rings is 1. The van der Waals surface area contributed by atoms with E-state index in [-0.39, 0.29) is 0 Å². The van der Waals surface area contributed by atoms with E-state index in [2.05, 4.69) is 62.6 Å². The van der Waals surface area contributed by atoms with Gasteiger partial charge in [0.1, 0.15) is 23.3 Å². The van der Waals surface area contributed by atoms with E-state index in [0.717, 1.165) is 16.8 Å². The fourth-order valence-electron chi connectivity index (χ4n) is 3.28. The number of hydrogen-bond acceptors (Lipinski definition) is 6. The number of rotatable bonds is 5. The number of hydrogen-bond donors (Lipinski definition) is 1. The highest BCUT2D eigenvalue weighted by Gasteiger charge is 2.18. The molecule has 1 N–H and O–H groups in total. The van der Waals surface area contributed by atoms with Crippen molar-refractivity contribution in [1.82, 2.24) is 24.7 Å². The van der Waals surface area contributed by atoms with E-state index in [1.165, 1.54) is 11.8 Å². The van der Waals surface area contributed by atoms with Crippen LogP contribution in [0.2, 0.25) is 0 Å². The van der Waals surface area contributed by atoms with E-state index in [4.69, 9.17) is 0 Å². The van der Waals surface area contributed by atoms with Gasteiger partial charge < -0.3 is 5.32 Å². The Hall–Kier alpha value is -4.05. The Balaban J connectivity index is 1.78. The summed E-state index contributed by atoms with van der Waals surface area (Å²) in [6, 6.07) is 16.1. The molecule has 0 saturated heterocycles. The van der Waals surface area contributed by atoms with Crippen LogP contribution in [0.1, 0.15) is 33.8 Å². The third-order valence-electron chi connectivity index (χ3n) is 4.82. The second kappa shape index (κ2) is 8.13. The van der Waals surface area contributed by atoms with Gasteiger partial charge >= 0.3 is 0 Å². The molecular formula is C23H21N7. The summed E-state index contributed by atoms with van der Waals surface area (Å²) >= 11 is 0. The maximum Gasteiger partial charge on any atom is 0.155 e. The van der Waals surface area contributed by atoms with Gasteiger partial charge in [-0.2, -0.15) is 15.0 Å². The minimum Gasteiger partial charge on any atom is -0.323 e. The summed E-state index contributed by atoms with van der Waals surface area (Å²) < 4.78 is 1.61. The third-order valence-corrected chi connectivity index (χ3v) is 4.82. The van der Waals surface area contributed by atoms with Crippen LogP contribution in [-0.4, -0.2) is 24.7 Å². The first-order chi connectivity index (χ1) is 14.5. The molecule has 0 fully saturated rings. The molecule has 148 valence electrons. The predicted molar refractivity (Wildman–Crippen MR) is 115 cm³/mol. The number of nitrogens with one attached hydrogen (secondary N) is 1. The van der Waals surface area contributed by atoms with Crippen molar-refractivity contribution in [3.8, 4) is 11.9 Å². The van der Waals surface area contributed by atoms with Gasteiger partial charge in [0.2, 0.25) is 0 Å². The molecule has 4 rings (SSSR count). The van der Waals surface area contributed by atoms with Crippen LogP contribution < -0.4 is 5.32 Å². The Morgan fingerprint density at radius 1 is 1.03 bits per heavy atom. The average molecular weight is 395 g/mol. The second-order valence-corrected chi connectivity index (χ2v) is 7.09. The highest BCUT2D eigenvalue weighted by Crippen LogP contribution is 2.27. The number of pyridine rings is 1. The van der Waals surface area contributed by atoms with E-state index < -0.39 is 0 Å². The number of aryl methyl sites for hydroxylation is 3. The van der Waals surface area contributed by atoms with Gasteiger partial charge in [0.15, 0.2) is 11.6 Å². The summed E-state index contributed by atoms with van der Waals surface area (Å²) in [5.74, 6) is 2.46. The quantitative estimate of drug-likeness (QED) is 0.545. The van der Waals surface area contributed by atoms with Crippen LogP contribution >= 0.6 is 0 Å². The molecule has 3 heterocycles. The normalized spacial score (nSPS) is 10.6. The predicted octanol–water partition coefficient (Wildman–Crippen LogP) is 4.19. The van der Waals surface area contributed by atoms with Crippen LogP contribution in [0.15, 0.2) is 54.9 Å². The molecule has 3 aromatic heterocycles. The Labute approximate surface area is 175 Å². The first-order valence-electron chi connectivity index (χ1n) is 9.61. The van der Waals surface area contributed by atoms with Crippen LogP contribution in [0.5, 0.6) is 0 Å². The molecule has 0 bridgehead atoms. The molecule has 0 aliphatic rings. The van der Waals surface area contributed by atoms with Crippen LogP contribution in [0, 0.1) is 32.1 Å². The largest absolute Gasteiger partial charge is 0.323 e. The molecule has 0 radical (unpaired) electrons. The van der Waals surface area contributed by atoms with Crippen LogP contribution in [0.25, 0.3) is 5.82 Å². The van der Waals surface area contributed by atoms with Crippen LogP contribution in [0.4, 0.5) is 11.6 Å². The minimum atomic E-state index is 0.413. The van der Waals surface area contributed by atoms with E-state index in [1.54, 1.807) is 10.9 Å². The van der Waals surface area contributed by atoms with Crippen molar-refractivity contribution < 1.29 is 0 Å². The molecule has 30 heavy (non-hydrogen) atoms. The number of nitriles is 1. The van der Waals surface area contributed by atoms with Crippen molar-refractivity contribution in [3.63, 3.8) is 0 Å². The van der Waals surface area contributed by atoms with Gasteiger partial charge in [-0.05, 0) is 38.5 Å². The zero-order valence-corrected chi connectivity index (χ0v) is 17.1. The molecule has 0 amide bonds. The van der Waals surface area contributed by atoms with Gasteiger partial charge in [-0.15, -0.1) is 0 Å². The monoisotopic (exact) mass is 395 g/mol. The first-order valence-corrected chi connectivity index (χ1v) is 9.61. The standard InChI is InChI=1S/C23H21N7/c1-15-7-9-18(10-8-15)12-20-16(2)27-17(3)28-22(20)29-23-19(13-24)14-26-30(23)21-6-4-5-11-25-21/h4-11,14H,12H2,1-3H3,(H,27,28,29). The van der Waals surface area contributed by atoms with Crippen molar-refractivity contribution in [1.29, 1.82) is 5.26 Å². The lowest BCUT2D eigenvalue weighted by atomic mass is 10.0. The molecule has 0 unspecified atom stereocenters. The maximum atomic E-state index is 9.60. The van der Waals surface area contributed by atoms with Gasteiger partial charge in [-0.1, -0.05) is 35.9 Å². The van der Waals surface area contributed by atoms with Gasteiger partial charge in [0, 0.05) is 23.9 Å². The topological polar surface area (TPSA) is 92.3 Å². The lowest BCUT2D eigenvalue weighted by Gasteiger charge is -2.15. The molecule has 1 aromatic carbocycles. The summed E-state index contributed by atoms with van der Waals surface area (Å²) in [4.78, 5) is 13.5. The number of anilines is 2. The first kappa shape index (κ1) is 19.3. The summed E-state index contributed by atoms with van der Waals surface area (Å²) in [7, 11) is 0. The van der Waals surface area contributed by atoms with Crippen molar-refractivity contribution in [2.24, 2.45) is 0 Å². The molecule has 0 aliphatic carbocycles. The molecule has 4 aromatic rings. The zero-order valence-electron chi connectivity index (χ0n) is 17.1. The molecule has 7 heteroatoms. The summed E-state index contributed by atoms with van der Waals surface area (Å²) in [5, 5.41) is 17.3. The highest BCUT2D eigenvalue weighted by molar-refractivity contribution is 5.65. The molecular weight excluding hydrogens is 374 g/mol. The highest BCUT2D eigenvalue weighted by atomic mass is 15.4. The van der Waals surface area contributed by atoms with E-state index in [1.807, 2.05) is 32.0 Å². The van der Waals surface area contributed by atoms with Gasteiger partial charge in [-0.25, -0.2) is 15.0 Å². The Kier molecular flexibility index (Phi) is 5.22. The third kappa shape index (κ3) is 3.89. The van der Waals surface area contributed by atoms with E-state index in [0.29, 0.717) is 35.3 Å². The van der Waals surface area contributed by atoms with Crippen molar-refractivity contribution in [2.75, 3.05) is 5.32 Å². The summed E-state index contributed by atoms with van der Waals surface area (Å²) in [6.45, 7) is 5.90. The van der Waals surface area contributed by atoms with Crippen molar-refractivity contribution >= 4 is 11.6 Å². The average Bonchev–Trinajstić information content (AvgIpc) is 3.15. The fraction of sp³-hybridized carbons (Fsp3) is 0.174. The van der Waals surface area contributed by atoms with Crippen LogP contribution in [0.3, 0.4) is 0 Å². The zero-order chi connectivity index (χ0) is 21.1. The second-order valence-electron chi connectivity index (χ2n) is 7.09. The molecule has 0 atom stereocenters. The number of nitrogens with zero attached hydrogens (tertiary/aromatic N) is 6. The Bertz CT molecular complexity index is 1220. The van der Waals surface area contributed by atoms with E-state index in [9.17, 15) is 5.26 Å². The minimum absolute atomic E-state index is 0.413. The number of aromatic nitrogens is 5. The fourth-order valence-corrected chi connectivity index (χ4v) is 3.28. The SMILES string of the molecule is Cc1ccc(Cc2c(C)nc(C)nc2Nc2c(C#N)cnn2-c2ccccn2)cc1. The molecule has 0 aliphatic heterocycles.